The van der Waals surface area contributed by atoms with Crippen molar-refractivity contribution in [1.29, 1.82) is 0 Å². The zero-order valence-corrected chi connectivity index (χ0v) is 12.2. The summed E-state index contributed by atoms with van der Waals surface area (Å²) >= 11 is 0. The molecular formula is H12CaMn4O6+4. The molecule has 0 aliphatic heterocycles. The van der Waals surface area contributed by atoms with E-state index < -0.39 is 0 Å². The summed E-state index contributed by atoms with van der Waals surface area (Å²) in [5.41, 5.74) is 0. The average molecular weight is 368 g/mol. The third-order valence-corrected chi connectivity index (χ3v) is 0. The molecule has 0 heterocycles. The molecule has 0 aromatic rings. The van der Waals surface area contributed by atoms with Crippen LogP contribution < -0.4 is 0 Å². The van der Waals surface area contributed by atoms with Crippen molar-refractivity contribution in [2.24, 2.45) is 0 Å². The minimum atomic E-state index is 0. The van der Waals surface area contributed by atoms with Crippen molar-refractivity contribution in [3.05, 3.63) is 0 Å². The van der Waals surface area contributed by atoms with Crippen LogP contribution in [0.1, 0.15) is 0 Å². The van der Waals surface area contributed by atoms with E-state index in [9.17, 15) is 0 Å². The van der Waals surface area contributed by atoms with Crippen LogP contribution >= 0.6 is 0 Å². The number of hydrogen-bond acceptors (Lipinski definition) is 1. The van der Waals surface area contributed by atoms with Crippen molar-refractivity contribution >= 4 is 37.7 Å². The van der Waals surface area contributed by atoms with E-state index in [1.165, 1.54) is 0 Å². The smallest absolute Gasteiger partial charge is 0.457 e. The van der Waals surface area contributed by atoms with Crippen LogP contribution in [0, 0.1) is 0 Å². The van der Waals surface area contributed by atoms with Gasteiger partial charge in [-0.3, -0.25) is 5.26 Å². The molecule has 0 unspecified atom stereocenters. The van der Waals surface area contributed by atoms with Gasteiger partial charge in [0.15, 0.2) is 0 Å². The van der Waals surface area contributed by atoms with Gasteiger partial charge in [-0.25, -0.2) is 0 Å². The maximum absolute atomic E-state index is 6.25. The first-order chi connectivity index (χ1) is 1.00. The molecule has 0 aromatic carbocycles. The van der Waals surface area contributed by atoms with Crippen LogP contribution in [0.5, 0.6) is 0 Å². The van der Waals surface area contributed by atoms with Crippen LogP contribution in [0.2, 0.25) is 0 Å². The Morgan fingerprint density at radius 1 is 0.636 bits per heavy atom. The molecule has 0 fully saturated rings. The molecular weight excluding hydrogens is 356 g/mol. The van der Waals surface area contributed by atoms with Gasteiger partial charge in [-0.1, -0.05) is 0 Å². The molecule has 0 spiro atoms. The third kappa shape index (κ3) is 168. The first kappa shape index (κ1) is 144. The van der Waals surface area contributed by atoms with Gasteiger partial charge in [0.1, 0.15) is 0 Å². The van der Waals surface area contributed by atoms with Gasteiger partial charge in [0, 0.05) is 68.3 Å². The van der Waals surface area contributed by atoms with Crippen molar-refractivity contribution in [2.75, 3.05) is 0 Å². The van der Waals surface area contributed by atoms with Gasteiger partial charge in [0.2, 0.25) is 0 Å². The van der Waals surface area contributed by atoms with Crippen molar-refractivity contribution < 1.29 is 101 Å². The molecule has 11 heteroatoms. The largest absolute Gasteiger partial charge is 2.00 e. The van der Waals surface area contributed by atoms with E-state index in [2.05, 4.69) is 0 Å². The summed E-state index contributed by atoms with van der Waals surface area (Å²) in [7, 11) is 0. The Balaban J connectivity index is -0.000000000139. The summed E-state index contributed by atoms with van der Waals surface area (Å²) in [4.78, 5) is 0. The third-order valence-electron chi connectivity index (χ3n) is 0. The molecule has 11 heavy (non-hydrogen) atoms. The normalized spacial score (nSPS) is 0.545. The minimum absolute atomic E-state index is 0. The SMILES string of the molecule is O.O.O.O[OH2+].[Ca+2].[Mn].[Mn].[Mn].[Mn].[OH3+]. The fourth-order valence-corrected chi connectivity index (χ4v) is 0. The molecule has 0 rings (SSSR count). The summed E-state index contributed by atoms with van der Waals surface area (Å²) in [6, 6.07) is 0. The van der Waals surface area contributed by atoms with Crippen LogP contribution in [0.15, 0.2) is 0 Å². The number of hydrogen-bond donors (Lipinski definition) is 1. The summed E-state index contributed by atoms with van der Waals surface area (Å²) in [5.74, 6) is 0. The average Bonchev–Trinajstić information content (AvgIpc) is 1.00. The number of rotatable bonds is 0. The predicted octanol–water partition coefficient (Wildman–Crippen LogP) is -4.60. The molecule has 6 nitrogen and oxygen atoms in total. The van der Waals surface area contributed by atoms with Crippen molar-refractivity contribution in [2.45, 2.75) is 0 Å². The molecule has 0 amide bonds. The maximum Gasteiger partial charge on any atom is 2.00 e. The summed E-state index contributed by atoms with van der Waals surface area (Å²) in [5, 5.41) is 11.0. The summed E-state index contributed by atoms with van der Waals surface area (Å²) in [6.07, 6.45) is 0. The molecule has 0 atom stereocenters. The maximum atomic E-state index is 6.25. The quantitative estimate of drug-likeness (QED) is 0.193. The molecule has 0 saturated heterocycles. The topological polar surface area (TPSA) is 171 Å². The predicted molar refractivity (Wildman–Crippen MR) is 27.7 cm³/mol. The molecule has 0 aliphatic carbocycles. The van der Waals surface area contributed by atoms with Crippen molar-refractivity contribution in [1.82, 2.24) is 0 Å². The monoisotopic (exact) mass is 368 g/mol. The van der Waals surface area contributed by atoms with Crippen LogP contribution in [-0.4, -0.2) is 64.7 Å². The standard InChI is InChI=1S/Ca.4Mn.H2O2.4H2O/c;;;;;1-2;;;;/h;;;;;1-2H;4*1H2/q+2;;;;;;;;;/p+2. The van der Waals surface area contributed by atoms with E-state index in [4.69, 9.17) is 10.5 Å². The van der Waals surface area contributed by atoms with Crippen LogP contribution in [0.25, 0.3) is 0 Å². The van der Waals surface area contributed by atoms with Gasteiger partial charge in [-0.05, 0) is 0 Å². The second kappa shape index (κ2) is 200. The molecule has 12 N–H and O–H groups in total. The first-order valence-corrected chi connectivity index (χ1v) is 0.224. The van der Waals surface area contributed by atoms with E-state index in [0.29, 0.717) is 0 Å². The Labute approximate surface area is 136 Å². The molecule has 0 aliphatic rings. The first-order valence-electron chi connectivity index (χ1n) is 0.224. The molecule has 0 saturated carbocycles. The fraction of sp³-hybridized carbons (Fsp3) is 0. The van der Waals surface area contributed by atoms with Crippen LogP contribution in [-0.2, 0) is 73.8 Å². The Morgan fingerprint density at radius 2 is 0.636 bits per heavy atom. The van der Waals surface area contributed by atoms with E-state index in [1.807, 2.05) is 0 Å². The van der Waals surface area contributed by atoms with Crippen LogP contribution in [0.3, 0.4) is 0 Å². The molecule has 0 aromatic heterocycles. The zero-order valence-electron chi connectivity index (χ0n) is 5.24. The minimum Gasteiger partial charge on any atom is -0.457 e. The Kier molecular flexibility index (Phi) is 2620. The van der Waals surface area contributed by atoms with Crippen LogP contribution in [0.4, 0.5) is 0 Å². The van der Waals surface area contributed by atoms with Gasteiger partial charge < -0.3 is 21.9 Å². The Bertz CT molecular complexity index is 14.5. The second-order valence-corrected chi connectivity index (χ2v) is 0. The Morgan fingerprint density at radius 3 is 0.636 bits per heavy atom. The molecule has 0 bridgehead atoms. The zero-order chi connectivity index (χ0) is 2.00. The van der Waals surface area contributed by atoms with Gasteiger partial charge >= 0.3 is 37.7 Å². The van der Waals surface area contributed by atoms with Gasteiger partial charge in [-0.15, -0.1) is 5.26 Å². The second-order valence-electron chi connectivity index (χ2n) is 0. The van der Waals surface area contributed by atoms with Gasteiger partial charge in [-0.2, -0.15) is 0 Å². The summed E-state index contributed by atoms with van der Waals surface area (Å²) < 4.78 is 0. The molecule has 4 radical (unpaired) electrons. The van der Waals surface area contributed by atoms with Crippen molar-refractivity contribution in [3.8, 4) is 0 Å². The van der Waals surface area contributed by atoms with Crippen molar-refractivity contribution in [3.63, 3.8) is 0 Å². The van der Waals surface area contributed by atoms with E-state index in [1.54, 1.807) is 0 Å². The van der Waals surface area contributed by atoms with E-state index in [-0.39, 0.29) is 128 Å². The summed E-state index contributed by atoms with van der Waals surface area (Å²) in [6.45, 7) is 0. The fourth-order valence-electron chi connectivity index (χ4n) is 0. The van der Waals surface area contributed by atoms with Gasteiger partial charge in [0.05, 0.1) is 0 Å². The molecule has 74 valence electrons. The van der Waals surface area contributed by atoms with E-state index in [0.717, 1.165) is 0 Å². The van der Waals surface area contributed by atoms with Gasteiger partial charge in [0.25, 0.3) is 0 Å². The van der Waals surface area contributed by atoms with E-state index >= 15 is 0 Å². The Hall–Kier alpha value is 3.10.